The van der Waals surface area contributed by atoms with Crippen molar-refractivity contribution in [3.05, 3.63) is 53.0 Å². The molecular formula is C22H28N4OS. The standard InChI is InChI=1S/C22H28N4OS/c1-14-18-19-16-11-24(4)13-25(5)20(16)27-22(2,3)17(19)12-28-21(18)26(23-14)15-9-7-6-8-10-15/h6-10,17,19H,11-13H2,1-5H3/t17-,19-/m1/s1. The number of aryl methyl sites for hydroxylation is 1. The Morgan fingerprint density at radius 2 is 1.93 bits per heavy atom. The van der Waals surface area contributed by atoms with E-state index in [1.165, 1.54) is 16.2 Å². The Morgan fingerprint density at radius 3 is 2.68 bits per heavy atom. The summed E-state index contributed by atoms with van der Waals surface area (Å²) in [5.41, 5.74) is 4.90. The smallest absolute Gasteiger partial charge is 0.191 e. The van der Waals surface area contributed by atoms with E-state index in [0.29, 0.717) is 11.8 Å². The Bertz CT molecular complexity index is 949. The summed E-state index contributed by atoms with van der Waals surface area (Å²) < 4.78 is 8.74. The molecule has 3 aliphatic rings. The van der Waals surface area contributed by atoms with Gasteiger partial charge < -0.3 is 9.64 Å². The number of ether oxygens (including phenoxy) is 1. The van der Waals surface area contributed by atoms with E-state index in [1.807, 2.05) is 11.8 Å². The molecule has 2 aromatic rings. The molecule has 0 spiro atoms. The van der Waals surface area contributed by atoms with E-state index in [2.05, 4.69) is 79.7 Å². The van der Waals surface area contributed by atoms with E-state index in [9.17, 15) is 0 Å². The van der Waals surface area contributed by atoms with Crippen molar-refractivity contribution >= 4 is 11.8 Å². The number of nitrogens with zero attached hydrogens (tertiary/aromatic N) is 4. The number of fused-ring (bicyclic) bond motifs is 4. The lowest BCUT2D eigenvalue weighted by Crippen LogP contribution is -2.53. The molecule has 0 saturated heterocycles. The van der Waals surface area contributed by atoms with Crippen LogP contribution >= 0.6 is 11.8 Å². The van der Waals surface area contributed by atoms with Gasteiger partial charge in [-0.3, -0.25) is 4.90 Å². The molecule has 2 atom stereocenters. The van der Waals surface area contributed by atoms with Crippen molar-refractivity contribution in [2.24, 2.45) is 5.92 Å². The quantitative estimate of drug-likeness (QED) is 0.731. The summed E-state index contributed by atoms with van der Waals surface area (Å²) in [6.07, 6.45) is 0. The molecule has 0 bridgehead atoms. The van der Waals surface area contributed by atoms with E-state index < -0.39 is 0 Å². The number of aromatic nitrogens is 2. The van der Waals surface area contributed by atoms with Crippen LogP contribution in [0.1, 0.15) is 31.0 Å². The average molecular weight is 397 g/mol. The van der Waals surface area contributed by atoms with Crippen LogP contribution in [-0.4, -0.2) is 58.2 Å². The Morgan fingerprint density at radius 1 is 1.18 bits per heavy atom. The van der Waals surface area contributed by atoms with Gasteiger partial charge in [0.25, 0.3) is 0 Å². The van der Waals surface area contributed by atoms with Crippen LogP contribution in [0.2, 0.25) is 0 Å². The molecule has 5 nitrogen and oxygen atoms in total. The number of rotatable bonds is 1. The summed E-state index contributed by atoms with van der Waals surface area (Å²) in [4.78, 5) is 4.63. The molecule has 6 heteroatoms. The predicted octanol–water partition coefficient (Wildman–Crippen LogP) is 3.84. The summed E-state index contributed by atoms with van der Waals surface area (Å²) in [7, 11) is 4.33. The zero-order chi connectivity index (χ0) is 19.6. The molecule has 0 N–H and O–H groups in total. The normalized spacial score (nSPS) is 26.4. The molecular weight excluding hydrogens is 368 g/mol. The first-order chi connectivity index (χ1) is 13.4. The molecule has 4 heterocycles. The zero-order valence-electron chi connectivity index (χ0n) is 17.3. The van der Waals surface area contributed by atoms with Crippen LogP contribution in [0, 0.1) is 12.8 Å². The fourth-order valence-electron chi connectivity index (χ4n) is 5.02. The fourth-order valence-corrected chi connectivity index (χ4v) is 6.65. The number of benzene rings is 1. The van der Waals surface area contributed by atoms with Crippen LogP contribution in [0.25, 0.3) is 5.69 Å². The van der Waals surface area contributed by atoms with Crippen molar-refractivity contribution in [3.8, 4) is 5.69 Å². The minimum Gasteiger partial charge on any atom is -0.473 e. The van der Waals surface area contributed by atoms with Crippen molar-refractivity contribution in [1.29, 1.82) is 0 Å². The van der Waals surface area contributed by atoms with Gasteiger partial charge in [-0.1, -0.05) is 18.2 Å². The molecule has 0 radical (unpaired) electrons. The van der Waals surface area contributed by atoms with Gasteiger partial charge in [0.1, 0.15) is 10.6 Å². The van der Waals surface area contributed by atoms with E-state index in [4.69, 9.17) is 9.84 Å². The number of thioether (sulfide) groups is 1. The second kappa shape index (κ2) is 6.29. The largest absolute Gasteiger partial charge is 0.473 e. The summed E-state index contributed by atoms with van der Waals surface area (Å²) >= 11 is 1.93. The van der Waals surface area contributed by atoms with Crippen LogP contribution in [0.4, 0.5) is 0 Å². The maximum absolute atomic E-state index is 6.59. The van der Waals surface area contributed by atoms with Gasteiger partial charge in [0.05, 0.1) is 18.1 Å². The predicted molar refractivity (Wildman–Crippen MR) is 113 cm³/mol. The molecule has 1 aromatic heterocycles. The zero-order valence-corrected chi connectivity index (χ0v) is 18.1. The lowest BCUT2D eigenvalue weighted by atomic mass is 9.71. The Kier molecular flexibility index (Phi) is 4.07. The number of likely N-dealkylation sites (N-methyl/N-ethyl adjacent to an activating group) is 1. The Balaban J connectivity index is 1.70. The minimum absolute atomic E-state index is 0.195. The summed E-state index contributed by atoms with van der Waals surface area (Å²) in [6, 6.07) is 10.5. The van der Waals surface area contributed by atoms with Gasteiger partial charge in [0, 0.05) is 42.3 Å². The van der Waals surface area contributed by atoms with Crippen molar-refractivity contribution < 1.29 is 4.74 Å². The first-order valence-corrected chi connectivity index (χ1v) is 10.9. The van der Waals surface area contributed by atoms with E-state index in [1.54, 1.807) is 0 Å². The molecule has 1 aromatic carbocycles. The van der Waals surface area contributed by atoms with E-state index >= 15 is 0 Å². The van der Waals surface area contributed by atoms with Gasteiger partial charge in [0.15, 0.2) is 5.88 Å². The van der Waals surface area contributed by atoms with Crippen LogP contribution in [0.15, 0.2) is 46.8 Å². The van der Waals surface area contributed by atoms with Gasteiger partial charge in [-0.2, -0.15) is 5.10 Å². The third-order valence-corrected chi connectivity index (χ3v) is 7.51. The highest BCUT2D eigenvalue weighted by atomic mass is 32.2. The molecule has 0 saturated carbocycles. The number of hydrogen-bond donors (Lipinski definition) is 0. The highest BCUT2D eigenvalue weighted by molar-refractivity contribution is 7.99. The number of hydrogen-bond acceptors (Lipinski definition) is 5. The first kappa shape index (κ1) is 18.1. The topological polar surface area (TPSA) is 33.5 Å². The van der Waals surface area contributed by atoms with E-state index in [0.717, 1.165) is 36.2 Å². The van der Waals surface area contributed by atoms with Crippen LogP contribution in [0.5, 0.6) is 0 Å². The third kappa shape index (κ3) is 2.61. The van der Waals surface area contributed by atoms with Crippen molar-refractivity contribution in [3.63, 3.8) is 0 Å². The molecule has 0 aliphatic carbocycles. The van der Waals surface area contributed by atoms with Crippen molar-refractivity contribution in [1.82, 2.24) is 19.6 Å². The second-order valence-electron chi connectivity index (χ2n) is 8.84. The van der Waals surface area contributed by atoms with Gasteiger partial charge in [-0.05, 0) is 40.0 Å². The third-order valence-electron chi connectivity index (χ3n) is 6.32. The summed E-state index contributed by atoms with van der Waals surface area (Å²) in [5.74, 6) is 2.93. The molecule has 28 heavy (non-hydrogen) atoms. The second-order valence-corrected chi connectivity index (χ2v) is 9.84. The Hall–Kier alpha value is -1.92. The lowest BCUT2D eigenvalue weighted by molar-refractivity contribution is -0.0817. The first-order valence-electron chi connectivity index (χ1n) is 9.96. The van der Waals surface area contributed by atoms with Gasteiger partial charge in [-0.15, -0.1) is 11.8 Å². The molecule has 0 amide bonds. The molecule has 0 fully saturated rings. The van der Waals surface area contributed by atoms with Gasteiger partial charge in [0.2, 0.25) is 0 Å². The maximum Gasteiger partial charge on any atom is 0.191 e. The molecule has 3 aliphatic heterocycles. The van der Waals surface area contributed by atoms with Crippen LogP contribution in [0.3, 0.4) is 0 Å². The average Bonchev–Trinajstić information content (AvgIpc) is 3.00. The van der Waals surface area contributed by atoms with Gasteiger partial charge >= 0.3 is 0 Å². The fraction of sp³-hybridized carbons (Fsp3) is 0.500. The molecule has 5 rings (SSSR count). The van der Waals surface area contributed by atoms with Crippen LogP contribution < -0.4 is 0 Å². The highest BCUT2D eigenvalue weighted by Crippen LogP contribution is 2.55. The van der Waals surface area contributed by atoms with E-state index in [-0.39, 0.29) is 5.60 Å². The summed E-state index contributed by atoms with van der Waals surface area (Å²) in [5, 5.41) is 6.28. The monoisotopic (exact) mass is 396 g/mol. The molecule has 0 unspecified atom stereocenters. The molecule has 148 valence electrons. The Labute approximate surface area is 171 Å². The lowest BCUT2D eigenvalue weighted by Gasteiger charge is -2.52. The van der Waals surface area contributed by atoms with Crippen molar-refractivity contribution in [2.75, 3.05) is 33.1 Å². The SMILES string of the molecule is Cc1nn(-c2ccccc2)c2c1[C@@H]1C3=C(OC(C)(C)[C@@H]1CS2)N(C)CN(C)C3. The highest BCUT2D eigenvalue weighted by Gasteiger charge is 2.51. The number of para-hydroxylation sites is 1. The maximum atomic E-state index is 6.59. The summed E-state index contributed by atoms with van der Waals surface area (Å²) in [6.45, 7) is 8.53. The van der Waals surface area contributed by atoms with Crippen LogP contribution in [-0.2, 0) is 4.74 Å². The van der Waals surface area contributed by atoms with Crippen molar-refractivity contribution in [2.45, 2.75) is 37.3 Å². The minimum atomic E-state index is -0.195. The van der Waals surface area contributed by atoms with Gasteiger partial charge in [-0.25, -0.2) is 4.68 Å².